The van der Waals surface area contributed by atoms with Crippen LogP contribution in [-0.4, -0.2) is 43.3 Å². The van der Waals surface area contributed by atoms with E-state index < -0.39 is 5.72 Å². The number of rotatable bonds is 4. The highest BCUT2D eigenvalue weighted by Gasteiger charge is 2.33. The first-order chi connectivity index (χ1) is 11.1. The van der Waals surface area contributed by atoms with Crippen LogP contribution in [-0.2, 0) is 5.72 Å². The van der Waals surface area contributed by atoms with Crippen molar-refractivity contribution in [2.24, 2.45) is 0 Å². The number of methoxy groups -OCH3 is 1. The lowest BCUT2D eigenvalue weighted by molar-refractivity contribution is -0.103. The molecule has 1 N–H and O–H groups in total. The van der Waals surface area contributed by atoms with E-state index in [1.54, 1.807) is 7.11 Å². The molecule has 1 aliphatic heterocycles. The summed E-state index contributed by atoms with van der Waals surface area (Å²) in [7, 11) is 1.70. The zero-order valence-corrected chi connectivity index (χ0v) is 13.8. The normalized spacial score (nSPS) is 18.5. The first-order valence-electron chi connectivity index (χ1n) is 8.04. The molecule has 1 heterocycles. The number of hydrogen-bond donors (Lipinski definition) is 1. The molecule has 0 radical (unpaired) electrons. The molecule has 1 saturated heterocycles. The van der Waals surface area contributed by atoms with E-state index in [-0.39, 0.29) is 0 Å². The van der Waals surface area contributed by atoms with Gasteiger partial charge in [0.25, 0.3) is 0 Å². The first kappa shape index (κ1) is 15.8. The number of benzene rings is 2. The molecule has 3 rings (SSSR count). The van der Waals surface area contributed by atoms with E-state index in [9.17, 15) is 5.11 Å². The fourth-order valence-corrected chi connectivity index (χ4v) is 3.21. The van der Waals surface area contributed by atoms with Crippen molar-refractivity contribution < 1.29 is 9.84 Å². The van der Waals surface area contributed by atoms with Crippen LogP contribution in [0.5, 0.6) is 5.75 Å². The minimum atomic E-state index is -0.936. The van der Waals surface area contributed by atoms with Crippen LogP contribution < -0.4 is 9.64 Å². The number of anilines is 1. The Labute approximate surface area is 137 Å². The van der Waals surface area contributed by atoms with Crippen LogP contribution in [0.15, 0.2) is 54.6 Å². The van der Waals surface area contributed by atoms with Crippen molar-refractivity contribution in [1.82, 2.24) is 4.90 Å². The molecule has 0 amide bonds. The van der Waals surface area contributed by atoms with Crippen LogP contribution in [0.1, 0.15) is 12.5 Å². The van der Waals surface area contributed by atoms with Gasteiger partial charge in [-0.25, -0.2) is 0 Å². The number of aliphatic hydroxyl groups is 1. The molecule has 4 nitrogen and oxygen atoms in total. The Balaban J connectivity index is 1.71. The van der Waals surface area contributed by atoms with Gasteiger partial charge in [0.2, 0.25) is 0 Å². The van der Waals surface area contributed by atoms with Crippen molar-refractivity contribution in [1.29, 1.82) is 0 Å². The molecule has 4 heteroatoms. The first-order valence-corrected chi connectivity index (χ1v) is 8.04. The maximum atomic E-state index is 11.0. The summed E-state index contributed by atoms with van der Waals surface area (Å²) in [5.74, 6) is 0.899. The lowest BCUT2D eigenvalue weighted by Crippen LogP contribution is -2.54. The predicted octanol–water partition coefficient (Wildman–Crippen LogP) is 2.68. The van der Waals surface area contributed by atoms with Gasteiger partial charge in [-0.1, -0.05) is 42.5 Å². The summed E-state index contributed by atoms with van der Waals surface area (Å²) >= 11 is 0. The van der Waals surface area contributed by atoms with Gasteiger partial charge in [0.05, 0.1) is 12.8 Å². The number of nitrogens with zero attached hydrogens (tertiary/aromatic N) is 2. The molecule has 0 aromatic heterocycles. The van der Waals surface area contributed by atoms with Gasteiger partial charge < -0.3 is 14.7 Å². The molecule has 1 aliphatic rings. The van der Waals surface area contributed by atoms with E-state index in [2.05, 4.69) is 15.9 Å². The molecule has 0 bridgehead atoms. The highest BCUT2D eigenvalue weighted by molar-refractivity contribution is 5.58. The highest BCUT2D eigenvalue weighted by atomic mass is 16.5. The summed E-state index contributed by atoms with van der Waals surface area (Å²) in [6.45, 7) is 5.22. The number of ether oxygens (including phenoxy) is 1. The summed E-state index contributed by atoms with van der Waals surface area (Å²) in [5.41, 5.74) is 1.12. The topological polar surface area (TPSA) is 35.9 Å². The molecule has 2 aromatic carbocycles. The van der Waals surface area contributed by atoms with Crippen molar-refractivity contribution in [2.75, 3.05) is 38.2 Å². The Kier molecular flexibility index (Phi) is 4.55. The number of piperazine rings is 1. The minimum Gasteiger partial charge on any atom is -0.495 e. The van der Waals surface area contributed by atoms with Crippen LogP contribution in [0, 0.1) is 0 Å². The average molecular weight is 312 g/mol. The fourth-order valence-electron chi connectivity index (χ4n) is 3.21. The van der Waals surface area contributed by atoms with E-state index in [0.29, 0.717) is 0 Å². The molecule has 23 heavy (non-hydrogen) atoms. The monoisotopic (exact) mass is 312 g/mol. The van der Waals surface area contributed by atoms with Crippen molar-refractivity contribution >= 4 is 5.69 Å². The Bertz CT molecular complexity index is 635. The summed E-state index contributed by atoms with van der Waals surface area (Å²) in [5, 5.41) is 11.0. The fraction of sp³-hybridized carbons (Fsp3) is 0.368. The predicted molar refractivity (Wildman–Crippen MR) is 92.8 cm³/mol. The van der Waals surface area contributed by atoms with Crippen molar-refractivity contribution in [3.8, 4) is 5.75 Å². The van der Waals surface area contributed by atoms with Gasteiger partial charge in [-0.3, -0.25) is 4.90 Å². The Hall–Kier alpha value is -2.04. The maximum absolute atomic E-state index is 11.0. The third-order valence-corrected chi connectivity index (χ3v) is 4.64. The smallest absolute Gasteiger partial charge is 0.142 e. The van der Waals surface area contributed by atoms with Gasteiger partial charge in [0.15, 0.2) is 0 Å². The second-order valence-electron chi connectivity index (χ2n) is 6.03. The Morgan fingerprint density at radius 1 is 0.913 bits per heavy atom. The molecular weight excluding hydrogens is 288 g/mol. The third-order valence-electron chi connectivity index (χ3n) is 4.64. The second-order valence-corrected chi connectivity index (χ2v) is 6.03. The molecule has 1 fully saturated rings. The second kappa shape index (κ2) is 6.60. The lowest BCUT2D eigenvalue weighted by Gasteiger charge is -2.43. The number of hydrogen-bond acceptors (Lipinski definition) is 4. The zero-order valence-electron chi connectivity index (χ0n) is 13.8. The van der Waals surface area contributed by atoms with Crippen LogP contribution in [0.25, 0.3) is 0 Å². The molecule has 0 aliphatic carbocycles. The quantitative estimate of drug-likeness (QED) is 0.941. The summed E-state index contributed by atoms with van der Waals surface area (Å²) in [4.78, 5) is 4.45. The highest BCUT2D eigenvalue weighted by Crippen LogP contribution is 2.31. The van der Waals surface area contributed by atoms with Gasteiger partial charge in [0.1, 0.15) is 11.5 Å². The molecule has 0 saturated carbocycles. The summed E-state index contributed by atoms with van der Waals surface area (Å²) < 4.78 is 5.46. The maximum Gasteiger partial charge on any atom is 0.142 e. The number of para-hydroxylation sites is 2. The van der Waals surface area contributed by atoms with Gasteiger partial charge >= 0.3 is 0 Å². The molecule has 1 unspecified atom stereocenters. The van der Waals surface area contributed by atoms with E-state index in [0.717, 1.165) is 43.2 Å². The minimum absolute atomic E-state index is 0.805. The SMILES string of the molecule is COc1ccccc1N1CCN(C(C)(O)c2ccccc2)CC1. The van der Waals surface area contributed by atoms with Gasteiger partial charge in [-0.05, 0) is 24.6 Å². The molecule has 2 aromatic rings. The van der Waals surface area contributed by atoms with E-state index in [1.165, 1.54) is 0 Å². The van der Waals surface area contributed by atoms with Gasteiger partial charge in [-0.15, -0.1) is 0 Å². The third kappa shape index (κ3) is 3.19. The van der Waals surface area contributed by atoms with Crippen LogP contribution in [0.3, 0.4) is 0 Å². The van der Waals surface area contributed by atoms with E-state index >= 15 is 0 Å². The van der Waals surface area contributed by atoms with Gasteiger partial charge in [-0.2, -0.15) is 0 Å². The largest absolute Gasteiger partial charge is 0.495 e. The van der Waals surface area contributed by atoms with Crippen molar-refractivity contribution in [3.63, 3.8) is 0 Å². The van der Waals surface area contributed by atoms with Crippen molar-refractivity contribution in [2.45, 2.75) is 12.6 Å². The van der Waals surface area contributed by atoms with Crippen LogP contribution in [0.2, 0.25) is 0 Å². The van der Waals surface area contributed by atoms with Crippen molar-refractivity contribution in [3.05, 3.63) is 60.2 Å². The zero-order chi connectivity index (χ0) is 16.3. The molecule has 1 atom stereocenters. The summed E-state index contributed by atoms with van der Waals surface area (Å²) in [6.07, 6.45) is 0. The molecule has 122 valence electrons. The molecule has 0 spiro atoms. The van der Waals surface area contributed by atoms with E-state index in [1.807, 2.05) is 55.5 Å². The van der Waals surface area contributed by atoms with E-state index in [4.69, 9.17) is 4.74 Å². The lowest BCUT2D eigenvalue weighted by atomic mass is 10.0. The average Bonchev–Trinajstić information content (AvgIpc) is 2.62. The van der Waals surface area contributed by atoms with Gasteiger partial charge in [0, 0.05) is 26.2 Å². The van der Waals surface area contributed by atoms with Crippen LogP contribution in [0.4, 0.5) is 5.69 Å². The Morgan fingerprint density at radius 3 is 2.17 bits per heavy atom. The van der Waals surface area contributed by atoms with Crippen LogP contribution >= 0.6 is 0 Å². The Morgan fingerprint density at radius 2 is 1.52 bits per heavy atom. The molecular formula is C19H24N2O2. The summed E-state index contributed by atoms with van der Waals surface area (Å²) in [6, 6.07) is 18.0. The standard InChI is InChI=1S/C19H24N2O2/c1-19(22,16-8-4-3-5-9-16)21-14-12-20(13-15-21)17-10-6-7-11-18(17)23-2/h3-11,22H,12-15H2,1-2H3.